The van der Waals surface area contributed by atoms with Crippen LogP contribution in [-0.4, -0.2) is 49.9 Å². The van der Waals surface area contributed by atoms with Gasteiger partial charge in [0.05, 0.1) is 33.0 Å². The molecule has 13 heavy (non-hydrogen) atoms. The van der Waals surface area contributed by atoms with Crippen LogP contribution in [0.1, 0.15) is 0 Å². The number of aliphatic hydroxyl groups excluding tert-OH is 2. The summed E-state index contributed by atoms with van der Waals surface area (Å²) in [4.78, 5) is 0. The zero-order valence-corrected chi connectivity index (χ0v) is 7.52. The molecule has 0 saturated heterocycles. The van der Waals surface area contributed by atoms with Crippen molar-refractivity contribution in [3.05, 3.63) is 12.5 Å². The van der Waals surface area contributed by atoms with E-state index >= 15 is 0 Å². The largest absolute Gasteiger partial charge is 0.512 e. The molecule has 5 nitrogen and oxygen atoms in total. The molecule has 0 saturated carbocycles. The molecule has 0 amide bonds. The number of hydrogen-bond donors (Lipinski definition) is 2. The van der Waals surface area contributed by atoms with Crippen molar-refractivity contribution in [1.82, 2.24) is 0 Å². The summed E-state index contributed by atoms with van der Waals surface area (Å²) < 4.78 is 14.8. The fourth-order valence-corrected chi connectivity index (χ4v) is 0.605. The molecular formula is C8H16O5. The van der Waals surface area contributed by atoms with Gasteiger partial charge in [0.15, 0.2) is 0 Å². The van der Waals surface area contributed by atoms with Crippen molar-refractivity contribution in [1.29, 1.82) is 0 Å². The summed E-state index contributed by atoms with van der Waals surface area (Å²) >= 11 is 0. The van der Waals surface area contributed by atoms with E-state index in [-0.39, 0.29) is 6.61 Å². The van der Waals surface area contributed by atoms with Gasteiger partial charge in [0.2, 0.25) is 0 Å². The number of aliphatic hydroxyl groups is 2. The molecule has 0 fully saturated rings. The molecule has 0 rings (SSSR count). The minimum atomic E-state index is 0.0321. The van der Waals surface area contributed by atoms with Crippen LogP contribution in [0.15, 0.2) is 12.5 Å². The number of rotatable bonds is 9. The van der Waals surface area contributed by atoms with E-state index in [2.05, 4.69) is 0 Å². The zero-order valence-electron chi connectivity index (χ0n) is 7.52. The summed E-state index contributed by atoms with van der Waals surface area (Å²) in [6, 6.07) is 0. The van der Waals surface area contributed by atoms with Crippen molar-refractivity contribution in [2.45, 2.75) is 0 Å². The summed E-state index contributed by atoms with van der Waals surface area (Å²) in [7, 11) is 0. The maximum atomic E-state index is 8.35. The average Bonchev–Trinajstić information content (AvgIpc) is 2.16. The van der Waals surface area contributed by atoms with Gasteiger partial charge in [-0.3, -0.25) is 0 Å². The Morgan fingerprint density at radius 2 is 1.54 bits per heavy atom. The van der Waals surface area contributed by atoms with E-state index < -0.39 is 0 Å². The molecule has 0 heterocycles. The lowest BCUT2D eigenvalue weighted by molar-refractivity contribution is 0.0200. The lowest BCUT2D eigenvalue weighted by atomic mass is 10.7. The third kappa shape index (κ3) is 11.2. The molecule has 0 radical (unpaired) electrons. The van der Waals surface area contributed by atoms with Crippen LogP contribution in [0.4, 0.5) is 0 Å². The first-order valence-corrected chi connectivity index (χ1v) is 4.09. The van der Waals surface area contributed by atoms with Gasteiger partial charge >= 0.3 is 0 Å². The van der Waals surface area contributed by atoms with E-state index in [0.29, 0.717) is 33.0 Å². The van der Waals surface area contributed by atoms with Crippen LogP contribution in [0.5, 0.6) is 0 Å². The minimum Gasteiger partial charge on any atom is -0.512 e. The third-order valence-corrected chi connectivity index (χ3v) is 1.11. The van der Waals surface area contributed by atoms with Crippen LogP contribution in [0, 0.1) is 0 Å². The van der Waals surface area contributed by atoms with Crippen LogP contribution in [0.25, 0.3) is 0 Å². The Morgan fingerprint density at radius 3 is 2.15 bits per heavy atom. The maximum absolute atomic E-state index is 8.35. The van der Waals surface area contributed by atoms with E-state index in [0.717, 1.165) is 6.26 Å². The van der Waals surface area contributed by atoms with Gasteiger partial charge in [0, 0.05) is 0 Å². The second-order valence-corrected chi connectivity index (χ2v) is 2.10. The predicted molar refractivity (Wildman–Crippen MR) is 46.4 cm³/mol. The van der Waals surface area contributed by atoms with Gasteiger partial charge in [-0.2, -0.15) is 0 Å². The molecule has 0 spiro atoms. The Labute approximate surface area is 77.5 Å². The second-order valence-electron chi connectivity index (χ2n) is 2.10. The Morgan fingerprint density at radius 1 is 0.923 bits per heavy atom. The molecule has 5 heteroatoms. The first kappa shape index (κ1) is 12.2. The Hall–Kier alpha value is -0.780. The average molecular weight is 192 g/mol. The van der Waals surface area contributed by atoms with Gasteiger partial charge in [-0.15, -0.1) is 0 Å². The fraction of sp³-hybridized carbons (Fsp3) is 0.750. The van der Waals surface area contributed by atoms with Gasteiger partial charge in [0.25, 0.3) is 0 Å². The molecule has 0 atom stereocenters. The third-order valence-electron chi connectivity index (χ3n) is 1.11. The first-order chi connectivity index (χ1) is 6.41. The molecule has 0 aromatic heterocycles. The highest BCUT2D eigenvalue weighted by Gasteiger charge is 1.88. The van der Waals surface area contributed by atoms with Crippen molar-refractivity contribution in [2.75, 3.05) is 39.6 Å². The van der Waals surface area contributed by atoms with Gasteiger partial charge in [0.1, 0.15) is 19.1 Å². The monoisotopic (exact) mass is 192 g/mol. The molecule has 0 bridgehead atoms. The van der Waals surface area contributed by atoms with Crippen molar-refractivity contribution < 1.29 is 24.4 Å². The normalized spacial score (nSPS) is 10.8. The minimum absolute atomic E-state index is 0.0321. The molecule has 2 N–H and O–H groups in total. The Kier molecular flexibility index (Phi) is 10.5. The highest BCUT2D eigenvalue weighted by atomic mass is 16.5. The maximum Gasteiger partial charge on any atom is 0.117 e. The summed E-state index contributed by atoms with van der Waals surface area (Å²) in [6.07, 6.45) is 2.01. The summed E-state index contributed by atoms with van der Waals surface area (Å²) in [5, 5.41) is 16.5. The highest BCUT2D eigenvalue weighted by Crippen LogP contribution is 1.81. The van der Waals surface area contributed by atoms with Gasteiger partial charge in [-0.1, -0.05) is 0 Å². The van der Waals surface area contributed by atoms with Crippen LogP contribution in [0.3, 0.4) is 0 Å². The molecular weight excluding hydrogens is 176 g/mol. The lowest BCUT2D eigenvalue weighted by Gasteiger charge is -2.04. The lowest BCUT2D eigenvalue weighted by Crippen LogP contribution is -2.09. The van der Waals surface area contributed by atoms with E-state index in [4.69, 9.17) is 24.4 Å². The molecule has 0 unspecified atom stereocenters. The molecule has 0 aromatic rings. The van der Waals surface area contributed by atoms with E-state index in [1.807, 2.05) is 0 Å². The predicted octanol–water partition coefficient (Wildman–Crippen LogP) is 0.0577. The highest BCUT2D eigenvalue weighted by molar-refractivity contribution is 4.56. The standard InChI is InChI=1S/C8H16O5/c9-1-3-11-5-7-13-8-6-12-4-2-10/h1,3,9-10H,2,4-8H2/b3-1-. The van der Waals surface area contributed by atoms with Crippen LogP contribution in [-0.2, 0) is 14.2 Å². The molecule has 0 aliphatic carbocycles. The van der Waals surface area contributed by atoms with Crippen molar-refractivity contribution >= 4 is 0 Å². The van der Waals surface area contributed by atoms with E-state index in [1.54, 1.807) is 0 Å². The Bertz CT molecular complexity index is 115. The van der Waals surface area contributed by atoms with Crippen LogP contribution < -0.4 is 0 Å². The number of ether oxygens (including phenoxy) is 3. The Balaban J connectivity index is 2.83. The molecule has 0 aliphatic heterocycles. The quantitative estimate of drug-likeness (QED) is 0.399. The smallest absolute Gasteiger partial charge is 0.117 e. The van der Waals surface area contributed by atoms with Gasteiger partial charge < -0.3 is 24.4 Å². The fourth-order valence-electron chi connectivity index (χ4n) is 0.605. The van der Waals surface area contributed by atoms with Gasteiger partial charge in [-0.05, 0) is 0 Å². The SMILES string of the molecule is O/C=C\OCCOCCOCCO. The molecule has 0 aromatic carbocycles. The summed E-state index contributed by atoms with van der Waals surface area (Å²) in [6.45, 7) is 2.17. The second kappa shape index (κ2) is 11.2. The molecule has 0 aliphatic rings. The van der Waals surface area contributed by atoms with Crippen molar-refractivity contribution in [3.8, 4) is 0 Å². The van der Waals surface area contributed by atoms with Crippen molar-refractivity contribution in [2.24, 2.45) is 0 Å². The molecule has 78 valence electrons. The summed E-state index contributed by atoms with van der Waals surface area (Å²) in [5.74, 6) is 0. The van der Waals surface area contributed by atoms with Gasteiger partial charge in [-0.25, -0.2) is 0 Å². The van der Waals surface area contributed by atoms with E-state index in [9.17, 15) is 0 Å². The summed E-state index contributed by atoms with van der Waals surface area (Å²) in [5.41, 5.74) is 0. The number of hydrogen-bond acceptors (Lipinski definition) is 5. The zero-order chi connectivity index (χ0) is 9.78. The first-order valence-electron chi connectivity index (χ1n) is 4.09. The van der Waals surface area contributed by atoms with Crippen molar-refractivity contribution in [3.63, 3.8) is 0 Å². The topological polar surface area (TPSA) is 68.2 Å². The van der Waals surface area contributed by atoms with E-state index in [1.165, 1.54) is 6.26 Å². The van der Waals surface area contributed by atoms with Crippen LogP contribution >= 0.6 is 0 Å². The van der Waals surface area contributed by atoms with Crippen LogP contribution in [0.2, 0.25) is 0 Å².